The zero-order valence-electron chi connectivity index (χ0n) is 16.7. The summed E-state index contributed by atoms with van der Waals surface area (Å²) in [7, 11) is 0. The smallest absolute Gasteiger partial charge is 0.230 e. The van der Waals surface area contributed by atoms with Crippen LogP contribution in [0.25, 0.3) is 0 Å². The van der Waals surface area contributed by atoms with E-state index in [2.05, 4.69) is 20.5 Å². The third-order valence-corrected chi connectivity index (χ3v) is 7.04. The molecule has 4 rings (SSSR count). The van der Waals surface area contributed by atoms with Crippen molar-refractivity contribution in [3.63, 3.8) is 0 Å². The van der Waals surface area contributed by atoms with E-state index in [-0.39, 0.29) is 11.6 Å². The van der Waals surface area contributed by atoms with Gasteiger partial charge < -0.3 is 5.32 Å². The summed E-state index contributed by atoms with van der Waals surface area (Å²) in [5.41, 5.74) is 3.11. The Morgan fingerprint density at radius 2 is 2.03 bits per heavy atom. The van der Waals surface area contributed by atoms with Gasteiger partial charge in [-0.15, -0.1) is 21.5 Å². The van der Waals surface area contributed by atoms with Gasteiger partial charge in [0.2, 0.25) is 11.0 Å². The van der Waals surface area contributed by atoms with Crippen LogP contribution in [0.4, 0.5) is 26.0 Å². The van der Waals surface area contributed by atoms with Crippen LogP contribution in [0.15, 0.2) is 58.3 Å². The maximum atomic E-state index is 14.2. The second kappa shape index (κ2) is 9.54. The molecule has 31 heavy (non-hydrogen) atoms. The average Bonchev–Trinajstić information content (AvgIpc) is 3.37. The summed E-state index contributed by atoms with van der Waals surface area (Å²) in [5.74, 6) is -0.195. The number of carbonyl (C=O) groups excluding carboxylic acids is 1. The number of thioether (sulfide) groups is 1. The van der Waals surface area contributed by atoms with Gasteiger partial charge in [-0.25, -0.2) is 9.37 Å². The molecule has 0 bridgehead atoms. The third-order valence-electron chi connectivity index (χ3n) is 4.16. The van der Waals surface area contributed by atoms with Crippen molar-refractivity contribution >= 4 is 62.0 Å². The first kappa shape index (κ1) is 21.4. The summed E-state index contributed by atoms with van der Waals surface area (Å²) in [5, 5.41) is 14.7. The van der Waals surface area contributed by atoms with Gasteiger partial charge in [-0.05, 0) is 36.8 Å². The van der Waals surface area contributed by atoms with Crippen LogP contribution in [0.1, 0.15) is 18.2 Å². The van der Waals surface area contributed by atoms with Crippen molar-refractivity contribution in [1.29, 1.82) is 0 Å². The number of aromatic nitrogens is 3. The topological polar surface area (TPSA) is 71.0 Å². The van der Waals surface area contributed by atoms with Crippen molar-refractivity contribution in [1.82, 2.24) is 15.2 Å². The summed E-state index contributed by atoms with van der Waals surface area (Å²) < 4.78 is 15.0. The number of aryl methyl sites for hydroxylation is 1. The predicted molar refractivity (Wildman–Crippen MR) is 125 cm³/mol. The number of thiazole rings is 1. The highest BCUT2D eigenvalue weighted by Gasteiger charge is 2.21. The van der Waals surface area contributed by atoms with Crippen LogP contribution in [0.5, 0.6) is 0 Å². The molecule has 0 aliphatic heterocycles. The molecule has 2 aromatic heterocycles. The van der Waals surface area contributed by atoms with Crippen molar-refractivity contribution in [3.05, 3.63) is 71.0 Å². The van der Waals surface area contributed by atoms with Crippen LogP contribution >= 0.6 is 34.4 Å². The lowest BCUT2D eigenvalue weighted by molar-refractivity contribution is -0.115. The van der Waals surface area contributed by atoms with Crippen molar-refractivity contribution in [3.8, 4) is 0 Å². The molecule has 0 fully saturated rings. The van der Waals surface area contributed by atoms with E-state index in [0.29, 0.717) is 10.9 Å². The quantitative estimate of drug-likeness (QED) is 0.325. The molecule has 2 aromatic carbocycles. The minimum atomic E-state index is -0.466. The first-order valence-corrected chi connectivity index (χ1v) is 12.0. The molecule has 0 atom stereocenters. The number of amides is 1. The van der Waals surface area contributed by atoms with Gasteiger partial charge in [-0.3, -0.25) is 9.69 Å². The molecule has 158 valence electrons. The summed E-state index contributed by atoms with van der Waals surface area (Å²) in [6, 6.07) is 14.2. The highest BCUT2D eigenvalue weighted by Crippen LogP contribution is 2.34. The first-order valence-electron chi connectivity index (χ1n) is 9.29. The fourth-order valence-electron chi connectivity index (χ4n) is 2.81. The number of nitrogens with one attached hydrogen (secondary N) is 1. The first-order chi connectivity index (χ1) is 15.0. The molecule has 0 radical (unpaired) electrons. The fourth-order valence-corrected chi connectivity index (χ4v) is 5.46. The van der Waals surface area contributed by atoms with E-state index in [1.54, 1.807) is 18.2 Å². The number of halogens is 1. The Balaban J connectivity index is 1.42. The van der Waals surface area contributed by atoms with Crippen LogP contribution in [-0.2, 0) is 10.5 Å². The van der Waals surface area contributed by atoms with Crippen LogP contribution in [0, 0.1) is 12.7 Å². The number of hydrogen-bond acceptors (Lipinski definition) is 8. The van der Waals surface area contributed by atoms with Gasteiger partial charge in [-0.1, -0.05) is 47.4 Å². The van der Waals surface area contributed by atoms with Crippen LogP contribution in [-0.4, -0.2) is 21.1 Å². The average molecular weight is 472 g/mol. The van der Waals surface area contributed by atoms with E-state index in [4.69, 9.17) is 0 Å². The number of para-hydroxylation sites is 1. The van der Waals surface area contributed by atoms with E-state index in [1.165, 1.54) is 57.9 Å². The molecule has 4 aromatic rings. The monoisotopic (exact) mass is 471 g/mol. The normalized spacial score (nSPS) is 10.8. The van der Waals surface area contributed by atoms with Gasteiger partial charge in [0.15, 0.2) is 9.47 Å². The van der Waals surface area contributed by atoms with E-state index in [0.717, 1.165) is 20.9 Å². The lowest BCUT2D eigenvalue weighted by atomic mass is 10.2. The molecule has 0 saturated carbocycles. The molecule has 0 unspecified atom stereocenters. The van der Waals surface area contributed by atoms with Gasteiger partial charge in [0.05, 0.1) is 11.4 Å². The standard InChI is InChI=1S/C21H18FN5OS3/c1-13-6-5-7-15(10-13)23-19-25-26-21(31-19)30-12-16-11-29-20(24-16)27(14(2)28)18-9-4-3-8-17(18)22/h3-11H,12H2,1-2H3,(H,23,25). The minimum absolute atomic E-state index is 0.194. The molecule has 1 amide bonds. The second-order valence-electron chi connectivity index (χ2n) is 6.58. The number of benzene rings is 2. The molecule has 1 N–H and O–H groups in total. The number of nitrogens with zero attached hydrogens (tertiary/aromatic N) is 4. The van der Waals surface area contributed by atoms with Gasteiger partial charge in [0.25, 0.3) is 0 Å². The Hall–Kier alpha value is -2.82. The molecule has 0 saturated heterocycles. The van der Waals surface area contributed by atoms with Gasteiger partial charge in [0, 0.05) is 23.7 Å². The largest absolute Gasteiger partial charge is 0.330 e. The molecule has 2 heterocycles. The second-order valence-corrected chi connectivity index (χ2v) is 9.62. The van der Waals surface area contributed by atoms with Crippen molar-refractivity contribution < 1.29 is 9.18 Å². The van der Waals surface area contributed by atoms with Crippen molar-refractivity contribution in [2.75, 3.05) is 10.2 Å². The van der Waals surface area contributed by atoms with Gasteiger partial charge in [-0.2, -0.15) is 0 Å². The zero-order valence-corrected chi connectivity index (χ0v) is 19.2. The summed E-state index contributed by atoms with van der Waals surface area (Å²) in [4.78, 5) is 18.0. The molecular formula is C21H18FN5OS3. The molecule has 10 heteroatoms. The van der Waals surface area contributed by atoms with Crippen LogP contribution in [0.2, 0.25) is 0 Å². The number of carbonyl (C=O) groups is 1. The Kier molecular flexibility index (Phi) is 6.59. The Morgan fingerprint density at radius 1 is 1.19 bits per heavy atom. The summed E-state index contributed by atoms with van der Waals surface area (Å²) >= 11 is 4.27. The fraction of sp³-hybridized carbons (Fsp3) is 0.143. The van der Waals surface area contributed by atoms with E-state index in [1.807, 2.05) is 36.6 Å². The summed E-state index contributed by atoms with van der Waals surface area (Å²) in [6.07, 6.45) is 0. The predicted octanol–water partition coefficient (Wildman–Crippen LogP) is 6.16. The molecule has 6 nitrogen and oxygen atoms in total. The lowest BCUT2D eigenvalue weighted by Crippen LogP contribution is -2.23. The molecular weight excluding hydrogens is 453 g/mol. The van der Waals surface area contributed by atoms with Gasteiger partial charge in [0.1, 0.15) is 5.82 Å². The molecule has 0 aliphatic rings. The van der Waals surface area contributed by atoms with E-state index in [9.17, 15) is 9.18 Å². The third kappa shape index (κ3) is 5.27. The highest BCUT2D eigenvalue weighted by molar-refractivity contribution is 8.00. The zero-order chi connectivity index (χ0) is 21.8. The highest BCUT2D eigenvalue weighted by atomic mass is 32.2. The maximum Gasteiger partial charge on any atom is 0.230 e. The number of anilines is 4. The Labute approximate surface area is 191 Å². The maximum absolute atomic E-state index is 14.2. The Morgan fingerprint density at radius 3 is 2.81 bits per heavy atom. The molecule has 0 aliphatic carbocycles. The van der Waals surface area contributed by atoms with Crippen LogP contribution < -0.4 is 10.2 Å². The number of rotatable bonds is 7. The van der Waals surface area contributed by atoms with Crippen molar-refractivity contribution in [2.24, 2.45) is 0 Å². The van der Waals surface area contributed by atoms with E-state index >= 15 is 0 Å². The molecule has 0 spiro atoms. The van der Waals surface area contributed by atoms with E-state index < -0.39 is 5.82 Å². The number of hydrogen-bond donors (Lipinski definition) is 1. The SMILES string of the molecule is CC(=O)N(c1nc(CSc2nnc(Nc3cccc(C)c3)s2)cs1)c1ccccc1F. The van der Waals surface area contributed by atoms with Crippen LogP contribution in [0.3, 0.4) is 0 Å². The Bertz CT molecular complexity index is 1210. The van der Waals surface area contributed by atoms with Crippen molar-refractivity contribution in [2.45, 2.75) is 23.9 Å². The minimum Gasteiger partial charge on any atom is -0.330 e. The summed E-state index contributed by atoms with van der Waals surface area (Å²) in [6.45, 7) is 3.43. The van der Waals surface area contributed by atoms with Gasteiger partial charge >= 0.3 is 0 Å². The lowest BCUT2D eigenvalue weighted by Gasteiger charge is -2.18.